The van der Waals surface area contributed by atoms with Crippen molar-refractivity contribution < 1.29 is 14.7 Å². The molecule has 0 bridgehead atoms. The lowest BCUT2D eigenvalue weighted by atomic mass is 9.75. The van der Waals surface area contributed by atoms with Gasteiger partial charge >= 0.3 is 5.97 Å². The van der Waals surface area contributed by atoms with Crippen molar-refractivity contribution in [1.29, 1.82) is 0 Å². The average molecular weight is 538 g/mol. The maximum absolute atomic E-state index is 13.3. The molecule has 1 aromatic carbocycles. The number of hydrogen-bond donors (Lipinski definition) is 4. The first-order chi connectivity index (χ1) is 19.5. The molecule has 0 aliphatic carbocycles. The molecule has 2 aliphatic rings. The maximum atomic E-state index is 13.3. The Labute approximate surface area is 232 Å². The minimum Gasteiger partial charge on any atom is -0.481 e. The maximum Gasteiger partial charge on any atom is 0.307 e. The van der Waals surface area contributed by atoms with Crippen LogP contribution in [0.3, 0.4) is 0 Å². The van der Waals surface area contributed by atoms with Gasteiger partial charge in [-0.25, -0.2) is 4.98 Å². The molecule has 40 heavy (non-hydrogen) atoms. The Kier molecular flexibility index (Phi) is 8.36. The van der Waals surface area contributed by atoms with Gasteiger partial charge in [-0.3, -0.25) is 29.9 Å². The molecule has 1 amide bonds. The Morgan fingerprint density at radius 2 is 1.90 bits per heavy atom. The SMILES string of the molecule is O=C(C[C@H](Cc1ccccc1)C(=O)O)NC1=CC(Nc2cnccn2)NC(C2=CCN=CC2)(c2ccncc2)C1. The molecule has 0 radical (unpaired) electrons. The summed E-state index contributed by atoms with van der Waals surface area (Å²) in [7, 11) is 0. The molecule has 0 spiro atoms. The number of aromatic nitrogens is 3. The van der Waals surface area contributed by atoms with Crippen LogP contribution in [0.4, 0.5) is 5.82 Å². The Bertz CT molecular complexity index is 1410. The van der Waals surface area contributed by atoms with Gasteiger partial charge in [0.15, 0.2) is 0 Å². The number of carboxylic acids is 1. The molecule has 3 aromatic rings. The molecule has 10 heteroatoms. The van der Waals surface area contributed by atoms with Crippen LogP contribution in [0.5, 0.6) is 0 Å². The summed E-state index contributed by atoms with van der Waals surface area (Å²) in [6, 6.07) is 13.3. The molecular weight excluding hydrogens is 506 g/mol. The number of hydrogen-bond acceptors (Lipinski definition) is 8. The molecule has 5 rings (SSSR count). The van der Waals surface area contributed by atoms with Crippen molar-refractivity contribution in [3.63, 3.8) is 0 Å². The summed E-state index contributed by atoms with van der Waals surface area (Å²) in [5, 5.41) is 20.0. The van der Waals surface area contributed by atoms with Crippen LogP contribution in [0.15, 0.2) is 102 Å². The number of carbonyl (C=O) groups is 2. The zero-order valence-electron chi connectivity index (χ0n) is 21.9. The van der Waals surface area contributed by atoms with Crippen LogP contribution in [-0.2, 0) is 21.5 Å². The van der Waals surface area contributed by atoms with Crippen LogP contribution < -0.4 is 16.0 Å². The lowest BCUT2D eigenvalue weighted by molar-refractivity contribution is -0.143. The van der Waals surface area contributed by atoms with Gasteiger partial charge in [0.25, 0.3) is 0 Å². The van der Waals surface area contributed by atoms with Crippen LogP contribution >= 0.6 is 0 Å². The summed E-state index contributed by atoms with van der Waals surface area (Å²) in [5.74, 6) is -1.63. The Morgan fingerprint density at radius 1 is 1.07 bits per heavy atom. The van der Waals surface area contributed by atoms with Gasteiger partial charge in [0, 0.05) is 56.0 Å². The molecule has 4 heterocycles. The molecule has 204 valence electrons. The average Bonchev–Trinajstić information content (AvgIpc) is 2.98. The fraction of sp³-hybridized carbons (Fsp3) is 0.267. The normalized spacial score (nSPS) is 21.1. The second-order valence-electron chi connectivity index (χ2n) is 9.83. The Morgan fingerprint density at radius 3 is 2.60 bits per heavy atom. The van der Waals surface area contributed by atoms with Crippen LogP contribution in [0, 0.1) is 5.92 Å². The molecule has 2 aromatic heterocycles. The Balaban J connectivity index is 1.43. The molecule has 2 aliphatic heterocycles. The van der Waals surface area contributed by atoms with E-state index in [9.17, 15) is 14.7 Å². The monoisotopic (exact) mass is 537 g/mol. The van der Waals surface area contributed by atoms with E-state index in [1.165, 1.54) is 0 Å². The number of dihydropyridines is 1. The van der Waals surface area contributed by atoms with Gasteiger partial charge in [-0.1, -0.05) is 36.4 Å². The van der Waals surface area contributed by atoms with Crippen molar-refractivity contribution in [3.8, 4) is 0 Å². The lowest BCUT2D eigenvalue weighted by Crippen LogP contribution is -2.56. The van der Waals surface area contributed by atoms with E-state index in [1.807, 2.05) is 54.8 Å². The first-order valence-electron chi connectivity index (χ1n) is 13.2. The number of pyridine rings is 1. The third-order valence-electron chi connectivity index (χ3n) is 7.10. The number of benzene rings is 1. The number of carbonyl (C=O) groups excluding carboxylic acids is 1. The summed E-state index contributed by atoms with van der Waals surface area (Å²) < 4.78 is 0. The quantitative estimate of drug-likeness (QED) is 0.289. The summed E-state index contributed by atoms with van der Waals surface area (Å²) in [4.78, 5) is 42.4. The smallest absolute Gasteiger partial charge is 0.307 e. The first-order valence-corrected chi connectivity index (χ1v) is 13.2. The van der Waals surface area contributed by atoms with Gasteiger partial charge in [0.1, 0.15) is 12.0 Å². The number of aliphatic imine (C=N–C) groups is 1. The minimum atomic E-state index is -1.00. The van der Waals surface area contributed by atoms with Gasteiger partial charge in [0.05, 0.1) is 24.2 Å². The van der Waals surface area contributed by atoms with E-state index in [1.54, 1.807) is 31.0 Å². The van der Waals surface area contributed by atoms with Gasteiger partial charge in [-0.2, -0.15) is 0 Å². The van der Waals surface area contributed by atoms with Crippen molar-refractivity contribution in [2.24, 2.45) is 10.9 Å². The zero-order valence-corrected chi connectivity index (χ0v) is 21.9. The zero-order chi connectivity index (χ0) is 27.8. The highest BCUT2D eigenvalue weighted by Crippen LogP contribution is 2.40. The summed E-state index contributed by atoms with van der Waals surface area (Å²) >= 11 is 0. The van der Waals surface area contributed by atoms with E-state index in [-0.39, 0.29) is 18.7 Å². The van der Waals surface area contributed by atoms with Crippen LogP contribution in [-0.4, -0.2) is 50.9 Å². The molecule has 0 saturated carbocycles. The largest absolute Gasteiger partial charge is 0.481 e. The number of amides is 1. The summed E-state index contributed by atoms with van der Waals surface area (Å²) in [6.45, 7) is 0.567. The van der Waals surface area contributed by atoms with E-state index in [4.69, 9.17) is 0 Å². The van der Waals surface area contributed by atoms with Gasteiger partial charge in [-0.15, -0.1) is 0 Å². The van der Waals surface area contributed by atoms with Gasteiger partial charge in [-0.05, 0) is 41.3 Å². The third kappa shape index (κ3) is 6.47. The minimum absolute atomic E-state index is 0.144. The van der Waals surface area contributed by atoms with Crippen molar-refractivity contribution in [1.82, 2.24) is 25.6 Å². The van der Waals surface area contributed by atoms with Crippen molar-refractivity contribution >= 4 is 23.9 Å². The first kappa shape index (κ1) is 26.9. The molecule has 10 nitrogen and oxygen atoms in total. The number of rotatable bonds is 10. The van der Waals surface area contributed by atoms with Crippen LogP contribution in [0.25, 0.3) is 0 Å². The molecular formula is C30H31N7O3. The van der Waals surface area contributed by atoms with E-state index in [0.29, 0.717) is 30.9 Å². The van der Waals surface area contributed by atoms with Gasteiger partial charge < -0.3 is 15.7 Å². The van der Waals surface area contributed by atoms with Crippen LogP contribution in [0.1, 0.15) is 30.4 Å². The fourth-order valence-corrected chi connectivity index (χ4v) is 5.25. The molecule has 4 N–H and O–H groups in total. The fourth-order valence-electron chi connectivity index (χ4n) is 5.25. The van der Waals surface area contributed by atoms with E-state index in [2.05, 4.69) is 42.0 Å². The highest BCUT2D eigenvalue weighted by Gasteiger charge is 2.41. The molecule has 0 saturated heterocycles. The van der Waals surface area contributed by atoms with E-state index >= 15 is 0 Å². The number of carboxylic acid groups (broad SMARTS) is 1. The van der Waals surface area contributed by atoms with E-state index < -0.39 is 23.6 Å². The third-order valence-corrected chi connectivity index (χ3v) is 7.10. The second-order valence-corrected chi connectivity index (χ2v) is 9.83. The highest BCUT2D eigenvalue weighted by molar-refractivity contribution is 5.83. The lowest BCUT2D eigenvalue weighted by Gasteiger charge is -2.44. The standard InChI is InChI=1S/C30H31N7O3/c38-28(17-22(29(39)40)16-21-4-2-1-3-5-21)35-25-18-26(36-27-20-33-14-15-34-27)37-30(19-25,23-6-10-31-11-7-23)24-8-12-32-13-9-24/h1-8,10-11,13-15,18,20,22,26,37H,9,12,16-17,19H2,(H,34,36)(H,35,38)(H,39,40)/t22-,26?,30?/m0/s1. The second kappa shape index (κ2) is 12.4. The van der Waals surface area contributed by atoms with Crippen molar-refractivity contribution in [2.75, 3.05) is 11.9 Å². The number of nitrogens with one attached hydrogen (secondary N) is 3. The predicted octanol–water partition coefficient (Wildman–Crippen LogP) is 3.23. The van der Waals surface area contributed by atoms with E-state index in [0.717, 1.165) is 16.7 Å². The van der Waals surface area contributed by atoms with Gasteiger partial charge in [0.2, 0.25) is 5.91 Å². The van der Waals surface area contributed by atoms with Crippen molar-refractivity contribution in [2.45, 2.75) is 37.4 Å². The van der Waals surface area contributed by atoms with Crippen molar-refractivity contribution in [3.05, 3.63) is 108 Å². The summed E-state index contributed by atoms with van der Waals surface area (Å²) in [5.41, 5.74) is 2.98. The number of anilines is 1. The summed E-state index contributed by atoms with van der Waals surface area (Å²) in [6.07, 6.45) is 15.0. The molecule has 0 fully saturated rings. The molecule has 2 unspecified atom stereocenters. The number of nitrogens with zero attached hydrogens (tertiary/aromatic N) is 4. The van der Waals surface area contributed by atoms with Crippen LogP contribution in [0.2, 0.25) is 0 Å². The Hall–Kier alpha value is -4.70. The predicted molar refractivity (Wildman–Crippen MR) is 151 cm³/mol. The number of aliphatic carboxylic acids is 1. The topological polar surface area (TPSA) is 141 Å². The highest BCUT2D eigenvalue weighted by atomic mass is 16.4. The molecule has 3 atom stereocenters.